The van der Waals surface area contributed by atoms with E-state index in [1.807, 2.05) is 37.3 Å². The average molecular weight is 274 g/mol. The van der Waals surface area contributed by atoms with Gasteiger partial charge in [0.05, 0.1) is 4.90 Å². The smallest absolute Gasteiger partial charge is 0.208 e. The van der Waals surface area contributed by atoms with Crippen LogP contribution in [0.2, 0.25) is 0 Å². The van der Waals surface area contributed by atoms with Crippen molar-refractivity contribution in [2.24, 2.45) is 0 Å². The minimum atomic E-state index is -3.44. The van der Waals surface area contributed by atoms with Crippen LogP contribution in [-0.2, 0) is 20.2 Å². The first kappa shape index (κ1) is 12.4. The largest absolute Gasteiger partial charge is 0.344 e. The van der Waals surface area contributed by atoms with E-state index in [0.29, 0.717) is 4.90 Å². The molecule has 0 bridgehead atoms. The third-order valence-corrected chi connectivity index (χ3v) is 5.48. The molecule has 1 aliphatic heterocycles. The van der Waals surface area contributed by atoms with Gasteiger partial charge in [0.1, 0.15) is 5.60 Å². The van der Waals surface area contributed by atoms with E-state index in [1.165, 1.54) is 0 Å². The molecule has 0 radical (unpaired) electrons. The summed E-state index contributed by atoms with van der Waals surface area (Å²) in [6.07, 6.45) is 0. The van der Waals surface area contributed by atoms with Gasteiger partial charge in [-0.05, 0) is 24.6 Å². The number of sulfone groups is 1. The number of benzene rings is 2. The van der Waals surface area contributed by atoms with E-state index >= 15 is 0 Å². The average Bonchev–Trinajstić information content (AvgIpc) is 3.16. The number of rotatable bonds is 3. The highest BCUT2D eigenvalue weighted by molar-refractivity contribution is 7.92. The van der Waals surface area contributed by atoms with Gasteiger partial charge in [-0.1, -0.05) is 48.5 Å². The summed E-state index contributed by atoms with van der Waals surface area (Å²) in [5, 5.41) is 0. The Bertz CT molecular complexity index is 680. The molecule has 0 N–H and O–H groups in total. The van der Waals surface area contributed by atoms with Crippen LogP contribution >= 0.6 is 0 Å². The molecule has 0 aliphatic carbocycles. The van der Waals surface area contributed by atoms with Gasteiger partial charge in [0.2, 0.25) is 9.84 Å². The van der Waals surface area contributed by atoms with Crippen molar-refractivity contribution in [2.45, 2.75) is 22.9 Å². The van der Waals surface area contributed by atoms with Gasteiger partial charge in [-0.25, -0.2) is 8.42 Å². The lowest BCUT2D eigenvalue weighted by atomic mass is 10.0. The molecule has 0 saturated carbocycles. The van der Waals surface area contributed by atoms with E-state index in [-0.39, 0.29) is 0 Å². The second-order valence-electron chi connectivity index (χ2n) is 4.78. The molecular weight excluding hydrogens is 260 g/mol. The summed E-state index contributed by atoms with van der Waals surface area (Å²) in [5.74, 6) is 0. The van der Waals surface area contributed by atoms with Gasteiger partial charge in [-0.15, -0.1) is 0 Å². The minimum Gasteiger partial charge on any atom is -0.344 e. The molecule has 19 heavy (non-hydrogen) atoms. The molecule has 3 rings (SSSR count). The van der Waals surface area contributed by atoms with Crippen LogP contribution in [0, 0.1) is 0 Å². The van der Waals surface area contributed by atoms with Gasteiger partial charge >= 0.3 is 0 Å². The second kappa shape index (κ2) is 4.18. The van der Waals surface area contributed by atoms with Crippen molar-refractivity contribution in [3.63, 3.8) is 0 Å². The molecule has 1 fully saturated rings. The Morgan fingerprint density at radius 3 is 2.05 bits per heavy atom. The Hall–Kier alpha value is -1.65. The van der Waals surface area contributed by atoms with Crippen LogP contribution in [0.4, 0.5) is 0 Å². The van der Waals surface area contributed by atoms with Gasteiger partial charge in [0.15, 0.2) is 5.44 Å². The zero-order chi connectivity index (χ0) is 13.5. The van der Waals surface area contributed by atoms with Crippen molar-refractivity contribution >= 4 is 9.84 Å². The van der Waals surface area contributed by atoms with Crippen LogP contribution in [-0.4, -0.2) is 13.9 Å². The lowest BCUT2D eigenvalue weighted by Crippen LogP contribution is -2.17. The molecule has 3 nitrogen and oxygen atoms in total. The van der Waals surface area contributed by atoms with Gasteiger partial charge in [-0.2, -0.15) is 0 Å². The zero-order valence-corrected chi connectivity index (χ0v) is 11.3. The van der Waals surface area contributed by atoms with Crippen molar-refractivity contribution in [2.75, 3.05) is 0 Å². The van der Waals surface area contributed by atoms with E-state index < -0.39 is 20.9 Å². The Kier molecular flexibility index (Phi) is 2.73. The van der Waals surface area contributed by atoms with Crippen molar-refractivity contribution < 1.29 is 13.2 Å². The highest BCUT2D eigenvalue weighted by Gasteiger charge is 2.61. The highest BCUT2D eigenvalue weighted by atomic mass is 32.2. The van der Waals surface area contributed by atoms with Crippen LogP contribution in [0.1, 0.15) is 12.5 Å². The predicted molar refractivity (Wildman–Crippen MR) is 72.3 cm³/mol. The van der Waals surface area contributed by atoms with Crippen LogP contribution in [0.25, 0.3) is 0 Å². The predicted octanol–water partition coefficient (Wildman–Crippen LogP) is 2.73. The summed E-state index contributed by atoms with van der Waals surface area (Å²) in [4.78, 5) is 0.305. The van der Waals surface area contributed by atoms with Crippen molar-refractivity contribution in [3.8, 4) is 0 Å². The van der Waals surface area contributed by atoms with Gasteiger partial charge in [0.25, 0.3) is 0 Å². The molecule has 0 amide bonds. The maximum atomic E-state index is 12.5. The molecule has 2 aromatic carbocycles. The summed E-state index contributed by atoms with van der Waals surface area (Å²) in [6.45, 7) is 1.81. The first-order valence-electron chi connectivity index (χ1n) is 6.07. The number of epoxide rings is 1. The van der Waals surface area contributed by atoms with E-state index in [9.17, 15) is 8.42 Å². The molecule has 4 heteroatoms. The van der Waals surface area contributed by atoms with Gasteiger partial charge < -0.3 is 4.74 Å². The molecule has 0 aromatic heterocycles. The fraction of sp³-hybridized carbons (Fsp3) is 0.200. The Morgan fingerprint density at radius 1 is 0.947 bits per heavy atom. The van der Waals surface area contributed by atoms with Crippen molar-refractivity contribution in [1.29, 1.82) is 0 Å². The van der Waals surface area contributed by atoms with Gasteiger partial charge in [0, 0.05) is 0 Å². The number of ether oxygens (including phenoxy) is 1. The summed E-state index contributed by atoms with van der Waals surface area (Å²) in [5.41, 5.74) is -0.653. The zero-order valence-electron chi connectivity index (χ0n) is 10.5. The third kappa shape index (κ3) is 1.97. The van der Waals surface area contributed by atoms with Crippen LogP contribution in [0.15, 0.2) is 65.6 Å². The van der Waals surface area contributed by atoms with E-state index in [1.54, 1.807) is 30.3 Å². The summed E-state index contributed by atoms with van der Waals surface area (Å²) < 4.78 is 30.4. The molecule has 0 spiro atoms. The minimum absolute atomic E-state index is 0.305. The standard InChI is InChI=1S/C15H14O3S/c1-15(12-8-4-2-5-9-12)14(18-15)19(16,17)13-10-6-3-7-11-13/h2-11,14H,1H3/t14-,15-/m0/s1. The number of hydrogen-bond donors (Lipinski definition) is 0. The lowest BCUT2D eigenvalue weighted by molar-refractivity contribution is 0.323. The first-order chi connectivity index (χ1) is 9.05. The maximum absolute atomic E-state index is 12.5. The fourth-order valence-corrected chi connectivity index (χ4v) is 4.09. The van der Waals surface area contributed by atoms with E-state index in [0.717, 1.165) is 5.56 Å². The number of hydrogen-bond acceptors (Lipinski definition) is 3. The fourth-order valence-electron chi connectivity index (χ4n) is 2.25. The Morgan fingerprint density at radius 2 is 1.47 bits per heavy atom. The second-order valence-corrected chi connectivity index (χ2v) is 6.77. The van der Waals surface area contributed by atoms with E-state index in [2.05, 4.69) is 0 Å². The summed E-state index contributed by atoms with van der Waals surface area (Å²) >= 11 is 0. The topological polar surface area (TPSA) is 46.7 Å². The van der Waals surface area contributed by atoms with Crippen molar-refractivity contribution in [1.82, 2.24) is 0 Å². The monoisotopic (exact) mass is 274 g/mol. The SMILES string of the molecule is C[C@@]1(c2ccccc2)O[C@H]1S(=O)(=O)c1ccccc1. The summed E-state index contributed by atoms with van der Waals surface area (Å²) in [6, 6.07) is 17.9. The molecule has 2 atom stereocenters. The van der Waals surface area contributed by atoms with Crippen LogP contribution < -0.4 is 0 Å². The Labute approximate surface area is 112 Å². The van der Waals surface area contributed by atoms with Crippen molar-refractivity contribution in [3.05, 3.63) is 66.2 Å². The highest BCUT2D eigenvalue weighted by Crippen LogP contribution is 2.50. The molecule has 1 saturated heterocycles. The Balaban J connectivity index is 1.95. The maximum Gasteiger partial charge on any atom is 0.208 e. The molecular formula is C15H14O3S. The van der Waals surface area contributed by atoms with Crippen LogP contribution in [0.3, 0.4) is 0 Å². The van der Waals surface area contributed by atoms with Gasteiger partial charge in [-0.3, -0.25) is 0 Å². The quantitative estimate of drug-likeness (QED) is 0.808. The normalized spacial score (nSPS) is 26.1. The third-order valence-electron chi connectivity index (χ3n) is 3.44. The molecule has 1 aliphatic rings. The summed E-state index contributed by atoms with van der Waals surface area (Å²) in [7, 11) is -3.44. The molecule has 1 heterocycles. The first-order valence-corrected chi connectivity index (χ1v) is 7.62. The van der Waals surface area contributed by atoms with Crippen LogP contribution in [0.5, 0.6) is 0 Å². The lowest BCUT2D eigenvalue weighted by Gasteiger charge is -2.07. The van der Waals surface area contributed by atoms with E-state index in [4.69, 9.17) is 4.74 Å². The molecule has 0 unspecified atom stereocenters. The molecule has 98 valence electrons. The molecule has 2 aromatic rings.